The predicted octanol–water partition coefficient (Wildman–Crippen LogP) is 0.624. The smallest absolute Gasteiger partial charge is 0.406 e. The van der Waals surface area contributed by atoms with E-state index in [-0.39, 0.29) is 0 Å². The lowest BCUT2D eigenvalue weighted by Gasteiger charge is -2.21. The highest BCUT2D eigenvalue weighted by molar-refractivity contribution is 6.31. The summed E-state index contributed by atoms with van der Waals surface area (Å²) in [5, 5.41) is 8.27. The molecule has 0 aliphatic heterocycles. The van der Waals surface area contributed by atoms with Crippen LogP contribution in [0.5, 0.6) is 0 Å². The third-order valence-electron chi connectivity index (χ3n) is 1.78. The van der Waals surface area contributed by atoms with Gasteiger partial charge in [-0.15, -0.1) is 0 Å². The number of carboxylic acids is 1. The largest absolute Gasteiger partial charge is 0.474 e. The number of hydrogen-bond acceptors (Lipinski definition) is 2. The number of rotatable bonds is 2. The van der Waals surface area contributed by atoms with Gasteiger partial charge in [-0.3, -0.25) is 4.79 Å². The molecule has 0 heterocycles. The molecule has 0 radical (unpaired) electrons. The summed E-state index contributed by atoms with van der Waals surface area (Å²) in [5.74, 6) is -3.33. The van der Waals surface area contributed by atoms with Crippen LogP contribution in [-0.2, 0) is 9.59 Å². The molecule has 0 atom stereocenters. The van der Waals surface area contributed by atoms with Gasteiger partial charge >= 0.3 is 18.1 Å². The average Bonchev–Trinajstić information content (AvgIpc) is 2.79. The van der Waals surface area contributed by atoms with Crippen LogP contribution in [0.15, 0.2) is 0 Å². The van der Waals surface area contributed by atoms with Crippen molar-refractivity contribution in [2.45, 2.75) is 25.1 Å². The van der Waals surface area contributed by atoms with E-state index in [9.17, 15) is 22.8 Å². The second-order valence-corrected chi connectivity index (χ2v) is 3.08. The van der Waals surface area contributed by atoms with E-state index in [1.807, 2.05) is 0 Å². The summed E-state index contributed by atoms with van der Waals surface area (Å²) < 4.78 is 35.8. The molecular weight excluding hydrogens is 203 g/mol. The van der Waals surface area contributed by atoms with Crippen LogP contribution in [0.4, 0.5) is 13.2 Å². The van der Waals surface area contributed by atoms with Crippen molar-refractivity contribution in [3.05, 3.63) is 0 Å². The van der Waals surface area contributed by atoms with Gasteiger partial charge in [0, 0.05) is 6.04 Å². The maximum Gasteiger partial charge on any atom is 0.406 e. The van der Waals surface area contributed by atoms with Crippen LogP contribution in [0.3, 0.4) is 0 Å². The molecule has 1 rings (SSSR count). The molecule has 1 fully saturated rings. The topological polar surface area (TPSA) is 57.6 Å². The third-order valence-corrected chi connectivity index (χ3v) is 1.78. The van der Waals surface area contributed by atoms with Crippen LogP contribution < -0.4 is 0 Å². The SMILES string of the molecule is O=C(O)C(=O)N(CC(F)(F)F)C1CC1. The molecule has 1 N–H and O–H groups in total. The number of carbonyl (C=O) groups excluding carboxylic acids is 1. The van der Waals surface area contributed by atoms with Gasteiger partial charge in [-0.1, -0.05) is 0 Å². The first kappa shape index (κ1) is 10.8. The molecule has 0 aromatic carbocycles. The third kappa shape index (κ3) is 2.90. The Hall–Kier alpha value is -1.27. The van der Waals surface area contributed by atoms with Gasteiger partial charge in [0.05, 0.1) is 0 Å². The van der Waals surface area contributed by atoms with Gasteiger partial charge < -0.3 is 10.0 Å². The minimum absolute atomic E-state index is 0.363. The van der Waals surface area contributed by atoms with Gasteiger partial charge in [-0.05, 0) is 12.8 Å². The Kier molecular flexibility index (Phi) is 2.68. The van der Waals surface area contributed by atoms with Gasteiger partial charge in [0.25, 0.3) is 0 Å². The fourth-order valence-electron chi connectivity index (χ4n) is 1.07. The first-order valence-electron chi connectivity index (χ1n) is 3.92. The number of amides is 1. The Morgan fingerprint density at radius 1 is 1.36 bits per heavy atom. The van der Waals surface area contributed by atoms with Gasteiger partial charge in [-0.2, -0.15) is 13.2 Å². The maximum absolute atomic E-state index is 11.9. The molecule has 1 aliphatic carbocycles. The summed E-state index contributed by atoms with van der Waals surface area (Å²) in [6, 6.07) is -0.555. The van der Waals surface area contributed by atoms with E-state index in [0.29, 0.717) is 17.7 Å². The Balaban J connectivity index is 2.64. The highest BCUT2D eigenvalue weighted by Gasteiger charge is 2.42. The minimum Gasteiger partial charge on any atom is -0.474 e. The number of halogens is 3. The zero-order valence-corrected chi connectivity index (χ0v) is 7.04. The molecule has 1 saturated carbocycles. The summed E-state index contributed by atoms with van der Waals surface area (Å²) in [6.07, 6.45) is -3.67. The van der Waals surface area contributed by atoms with Crippen molar-refractivity contribution in [3.8, 4) is 0 Å². The van der Waals surface area contributed by atoms with Gasteiger partial charge in [0.15, 0.2) is 0 Å². The van der Waals surface area contributed by atoms with E-state index in [1.54, 1.807) is 0 Å². The summed E-state index contributed by atoms with van der Waals surface area (Å²) in [4.78, 5) is 21.4. The minimum atomic E-state index is -4.55. The fourth-order valence-corrected chi connectivity index (χ4v) is 1.07. The van der Waals surface area contributed by atoms with Crippen molar-refractivity contribution >= 4 is 11.9 Å². The van der Waals surface area contributed by atoms with Crippen molar-refractivity contribution in [3.63, 3.8) is 0 Å². The molecule has 0 aromatic heterocycles. The fraction of sp³-hybridized carbons (Fsp3) is 0.714. The second kappa shape index (κ2) is 3.47. The van der Waals surface area contributed by atoms with Crippen LogP contribution in [0.1, 0.15) is 12.8 Å². The van der Waals surface area contributed by atoms with E-state index in [4.69, 9.17) is 5.11 Å². The van der Waals surface area contributed by atoms with Crippen LogP contribution in [0, 0.1) is 0 Å². The van der Waals surface area contributed by atoms with Gasteiger partial charge in [-0.25, -0.2) is 4.79 Å². The van der Waals surface area contributed by atoms with Gasteiger partial charge in [0.1, 0.15) is 6.54 Å². The van der Waals surface area contributed by atoms with Crippen LogP contribution in [0.25, 0.3) is 0 Å². The molecule has 1 amide bonds. The number of alkyl halides is 3. The van der Waals surface area contributed by atoms with Crippen LogP contribution in [0.2, 0.25) is 0 Å². The molecule has 7 heteroatoms. The predicted molar refractivity (Wildman–Crippen MR) is 38.4 cm³/mol. The van der Waals surface area contributed by atoms with E-state index in [1.165, 1.54) is 0 Å². The highest BCUT2D eigenvalue weighted by atomic mass is 19.4. The molecule has 0 unspecified atom stereocenters. The number of aliphatic carboxylic acids is 1. The molecular formula is C7H8F3NO3. The molecule has 1 aliphatic rings. The van der Waals surface area contributed by atoms with Crippen molar-refractivity contribution in [2.75, 3.05) is 6.54 Å². The standard InChI is InChI=1S/C7H8F3NO3/c8-7(9,10)3-11(4-1-2-4)5(12)6(13)14/h4H,1-3H2,(H,13,14). The zero-order valence-electron chi connectivity index (χ0n) is 7.04. The number of carbonyl (C=O) groups is 2. The lowest BCUT2D eigenvalue weighted by Crippen LogP contribution is -2.43. The van der Waals surface area contributed by atoms with Crippen LogP contribution >= 0.6 is 0 Å². The maximum atomic E-state index is 11.9. The Morgan fingerprint density at radius 3 is 2.14 bits per heavy atom. The molecule has 0 spiro atoms. The number of nitrogens with zero attached hydrogens (tertiary/aromatic N) is 1. The van der Waals surface area contributed by atoms with Crippen molar-refractivity contribution < 1.29 is 27.9 Å². The molecule has 14 heavy (non-hydrogen) atoms. The van der Waals surface area contributed by atoms with E-state index in [2.05, 4.69) is 0 Å². The molecule has 4 nitrogen and oxygen atoms in total. The first-order valence-corrected chi connectivity index (χ1v) is 3.92. The molecule has 80 valence electrons. The highest BCUT2D eigenvalue weighted by Crippen LogP contribution is 2.30. The second-order valence-electron chi connectivity index (χ2n) is 3.08. The summed E-state index contributed by atoms with van der Waals surface area (Å²) >= 11 is 0. The zero-order chi connectivity index (χ0) is 10.9. The van der Waals surface area contributed by atoms with E-state index in [0.717, 1.165) is 0 Å². The first-order chi connectivity index (χ1) is 6.31. The Bertz CT molecular complexity index is 259. The number of hydrogen-bond donors (Lipinski definition) is 1. The van der Waals surface area contributed by atoms with Crippen molar-refractivity contribution in [2.24, 2.45) is 0 Å². The van der Waals surface area contributed by atoms with Crippen molar-refractivity contribution in [1.29, 1.82) is 0 Å². The Labute approximate surface area is 77.3 Å². The lowest BCUT2D eigenvalue weighted by atomic mass is 10.4. The Morgan fingerprint density at radius 2 is 1.86 bits per heavy atom. The summed E-state index contributed by atoms with van der Waals surface area (Å²) in [7, 11) is 0. The number of carboxylic acid groups (broad SMARTS) is 1. The quantitative estimate of drug-likeness (QED) is 0.681. The van der Waals surface area contributed by atoms with Crippen LogP contribution in [-0.4, -0.2) is 40.6 Å². The van der Waals surface area contributed by atoms with E-state index < -0.39 is 30.6 Å². The summed E-state index contributed by atoms with van der Waals surface area (Å²) in [6.45, 7) is -1.48. The normalized spacial score (nSPS) is 16.5. The molecule has 0 saturated heterocycles. The van der Waals surface area contributed by atoms with Crippen molar-refractivity contribution in [1.82, 2.24) is 4.90 Å². The molecule has 0 bridgehead atoms. The van der Waals surface area contributed by atoms with E-state index >= 15 is 0 Å². The molecule has 0 aromatic rings. The average molecular weight is 211 g/mol. The lowest BCUT2D eigenvalue weighted by molar-refractivity contribution is -0.170. The monoisotopic (exact) mass is 211 g/mol. The van der Waals surface area contributed by atoms with Gasteiger partial charge in [0.2, 0.25) is 0 Å². The summed E-state index contributed by atoms with van der Waals surface area (Å²) in [5.41, 5.74) is 0.